The standard InChI is InChI=1S/C25H29ClN2O4S/c1-16-15-21-18(3)22(25(29)28-13-5-4-6-14-28)32-23(21)24(17(16)2)33(30,31)27-12-11-19-7-9-20(26)10-8-19/h7-10,15,27H,4-6,11-14H2,1-3H3. The number of rotatable bonds is 6. The Morgan fingerprint density at radius 1 is 1.06 bits per heavy atom. The molecule has 1 aliphatic heterocycles. The minimum atomic E-state index is -3.87. The van der Waals surface area contributed by atoms with Crippen LogP contribution in [0, 0.1) is 20.8 Å². The van der Waals surface area contributed by atoms with Crippen molar-refractivity contribution in [3.8, 4) is 0 Å². The third-order valence-corrected chi connectivity index (χ3v) is 8.28. The van der Waals surface area contributed by atoms with E-state index in [4.69, 9.17) is 16.0 Å². The number of carbonyl (C=O) groups is 1. The Labute approximate surface area is 200 Å². The number of fused-ring (bicyclic) bond motifs is 1. The maximum Gasteiger partial charge on any atom is 0.289 e. The molecule has 1 saturated heterocycles. The fourth-order valence-electron chi connectivity index (χ4n) is 4.36. The van der Waals surface area contributed by atoms with Crippen molar-refractivity contribution >= 4 is 38.5 Å². The number of sulfonamides is 1. The van der Waals surface area contributed by atoms with E-state index in [-0.39, 0.29) is 28.7 Å². The highest BCUT2D eigenvalue weighted by Crippen LogP contribution is 2.35. The summed E-state index contributed by atoms with van der Waals surface area (Å²) in [5, 5.41) is 1.30. The van der Waals surface area contributed by atoms with Crippen LogP contribution in [-0.4, -0.2) is 38.9 Å². The van der Waals surface area contributed by atoms with Gasteiger partial charge in [0.05, 0.1) is 0 Å². The lowest BCUT2D eigenvalue weighted by atomic mass is 10.0. The number of halogens is 1. The second-order valence-corrected chi connectivity index (χ2v) is 10.8. The highest BCUT2D eigenvalue weighted by molar-refractivity contribution is 7.89. The van der Waals surface area contributed by atoms with Crippen molar-refractivity contribution in [1.29, 1.82) is 0 Å². The molecule has 3 aromatic rings. The topological polar surface area (TPSA) is 79.6 Å². The molecule has 0 radical (unpaired) electrons. The van der Waals surface area contributed by atoms with Gasteiger partial charge in [-0.3, -0.25) is 4.79 Å². The molecule has 1 amide bonds. The van der Waals surface area contributed by atoms with Gasteiger partial charge in [-0.2, -0.15) is 0 Å². The monoisotopic (exact) mass is 488 g/mol. The maximum absolute atomic E-state index is 13.4. The Balaban J connectivity index is 1.67. The molecule has 0 spiro atoms. The number of benzene rings is 2. The van der Waals surface area contributed by atoms with Crippen molar-refractivity contribution in [2.45, 2.75) is 51.3 Å². The molecule has 1 aromatic heterocycles. The van der Waals surface area contributed by atoms with Gasteiger partial charge in [-0.25, -0.2) is 13.1 Å². The SMILES string of the molecule is Cc1cc2c(C)c(C(=O)N3CCCCC3)oc2c(S(=O)(=O)NCCc2ccc(Cl)cc2)c1C. The number of nitrogens with one attached hydrogen (secondary N) is 1. The fourth-order valence-corrected chi connectivity index (χ4v) is 5.96. The lowest BCUT2D eigenvalue weighted by molar-refractivity contribution is 0.0693. The molecule has 0 bridgehead atoms. The van der Waals surface area contributed by atoms with E-state index in [0.29, 0.717) is 41.0 Å². The summed E-state index contributed by atoms with van der Waals surface area (Å²) in [5.41, 5.74) is 3.36. The number of likely N-dealkylation sites (tertiary alicyclic amines) is 1. The number of hydrogen-bond donors (Lipinski definition) is 1. The maximum atomic E-state index is 13.4. The quantitative estimate of drug-likeness (QED) is 0.519. The highest BCUT2D eigenvalue weighted by Gasteiger charge is 2.30. The Morgan fingerprint density at radius 3 is 2.39 bits per heavy atom. The molecule has 8 heteroatoms. The van der Waals surface area contributed by atoms with E-state index < -0.39 is 10.0 Å². The Bertz CT molecular complexity index is 1290. The van der Waals surface area contributed by atoms with Gasteiger partial charge in [0.1, 0.15) is 4.90 Å². The highest BCUT2D eigenvalue weighted by atomic mass is 35.5. The molecule has 0 unspecified atom stereocenters. The first-order chi connectivity index (χ1) is 15.7. The molecular formula is C25H29ClN2O4S. The lowest BCUT2D eigenvalue weighted by Gasteiger charge is -2.25. The number of hydrogen-bond acceptors (Lipinski definition) is 4. The zero-order chi connectivity index (χ0) is 23.8. The largest absolute Gasteiger partial charge is 0.449 e. The van der Waals surface area contributed by atoms with Crippen molar-refractivity contribution in [1.82, 2.24) is 9.62 Å². The summed E-state index contributed by atoms with van der Waals surface area (Å²) >= 11 is 5.92. The molecule has 6 nitrogen and oxygen atoms in total. The van der Waals surface area contributed by atoms with Crippen LogP contribution in [-0.2, 0) is 16.4 Å². The predicted molar refractivity (Wildman–Crippen MR) is 131 cm³/mol. The van der Waals surface area contributed by atoms with Gasteiger partial charge < -0.3 is 9.32 Å². The van der Waals surface area contributed by atoms with E-state index in [1.807, 2.05) is 32.0 Å². The summed E-state index contributed by atoms with van der Waals surface area (Å²) in [6.07, 6.45) is 3.59. The van der Waals surface area contributed by atoms with Gasteiger partial charge in [-0.1, -0.05) is 23.7 Å². The summed E-state index contributed by atoms with van der Waals surface area (Å²) < 4.78 is 35.5. The molecule has 0 atom stereocenters. The summed E-state index contributed by atoms with van der Waals surface area (Å²) in [5.74, 6) is 0.0623. The molecule has 2 aromatic carbocycles. The second-order valence-electron chi connectivity index (χ2n) is 8.71. The van der Waals surface area contributed by atoms with Crippen molar-refractivity contribution in [2.24, 2.45) is 0 Å². The zero-order valence-corrected chi connectivity index (χ0v) is 20.8. The number of furan rings is 1. The van der Waals surface area contributed by atoms with Crippen LogP contribution in [0.4, 0.5) is 0 Å². The third kappa shape index (κ3) is 4.81. The second kappa shape index (κ2) is 9.49. The van der Waals surface area contributed by atoms with Gasteiger partial charge in [-0.15, -0.1) is 0 Å². The van der Waals surface area contributed by atoms with E-state index in [9.17, 15) is 13.2 Å². The smallest absolute Gasteiger partial charge is 0.289 e. The van der Waals surface area contributed by atoms with Crippen LogP contribution in [0.5, 0.6) is 0 Å². The van der Waals surface area contributed by atoms with Crippen molar-refractivity contribution in [3.05, 3.63) is 63.4 Å². The van der Waals surface area contributed by atoms with Crippen LogP contribution < -0.4 is 4.72 Å². The first-order valence-corrected chi connectivity index (χ1v) is 13.1. The molecule has 2 heterocycles. The van der Waals surface area contributed by atoms with E-state index in [1.54, 1.807) is 24.0 Å². The van der Waals surface area contributed by atoms with Crippen molar-refractivity contribution in [2.75, 3.05) is 19.6 Å². The molecule has 0 aliphatic carbocycles. The summed E-state index contributed by atoms with van der Waals surface area (Å²) in [4.78, 5) is 15.0. The van der Waals surface area contributed by atoms with Gasteiger partial charge in [0, 0.05) is 35.6 Å². The van der Waals surface area contributed by atoms with Crippen LogP contribution in [0.3, 0.4) is 0 Å². The van der Waals surface area contributed by atoms with E-state index >= 15 is 0 Å². The van der Waals surface area contributed by atoms with Gasteiger partial charge in [0.15, 0.2) is 11.3 Å². The lowest BCUT2D eigenvalue weighted by Crippen LogP contribution is -2.35. The summed E-state index contributed by atoms with van der Waals surface area (Å²) in [6, 6.07) is 9.23. The van der Waals surface area contributed by atoms with Crippen LogP contribution >= 0.6 is 11.6 Å². The molecule has 33 heavy (non-hydrogen) atoms. The molecule has 1 aliphatic rings. The summed E-state index contributed by atoms with van der Waals surface area (Å²) in [7, 11) is -3.87. The Hall–Kier alpha value is -2.35. The number of piperidine rings is 1. The van der Waals surface area contributed by atoms with Gasteiger partial charge >= 0.3 is 0 Å². The van der Waals surface area contributed by atoms with Crippen molar-refractivity contribution < 1.29 is 17.6 Å². The zero-order valence-electron chi connectivity index (χ0n) is 19.2. The predicted octanol–water partition coefficient (Wildman–Crippen LogP) is 5.16. The Kier molecular flexibility index (Phi) is 6.84. The number of amides is 1. The van der Waals surface area contributed by atoms with Gasteiger partial charge in [-0.05, 0) is 81.3 Å². The first kappa shape index (κ1) is 23.8. The number of nitrogens with zero attached hydrogens (tertiary/aromatic N) is 1. The number of carbonyl (C=O) groups excluding carboxylic acids is 1. The molecule has 1 N–H and O–H groups in total. The summed E-state index contributed by atoms with van der Waals surface area (Å²) in [6.45, 7) is 7.10. The fraction of sp³-hybridized carbons (Fsp3) is 0.400. The molecular weight excluding hydrogens is 460 g/mol. The van der Waals surface area contributed by atoms with Crippen molar-refractivity contribution in [3.63, 3.8) is 0 Å². The van der Waals surface area contributed by atoms with E-state index in [0.717, 1.165) is 30.4 Å². The average Bonchev–Trinajstić information content (AvgIpc) is 3.11. The van der Waals surface area contributed by atoms with Crippen LogP contribution in [0.25, 0.3) is 11.0 Å². The normalized spacial score (nSPS) is 14.7. The molecule has 1 fully saturated rings. The average molecular weight is 489 g/mol. The molecule has 0 saturated carbocycles. The van der Waals surface area contributed by atoms with Crippen LogP contribution in [0.2, 0.25) is 5.02 Å². The molecule has 176 valence electrons. The van der Waals surface area contributed by atoms with Gasteiger partial charge in [0.25, 0.3) is 5.91 Å². The number of aryl methyl sites for hydroxylation is 2. The van der Waals surface area contributed by atoms with Gasteiger partial charge in [0.2, 0.25) is 10.0 Å². The first-order valence-electron chi connectivity index (χ1n) is 11.3. The van der Waals surface area contributed by atoms with Crippen LogP contribution in [0.15, 0.2) is 39.6 Å². The third-order valence-electron chi connectivity index (χ3n) is 6.42. The molecule has 4 rings (SSSR count). The van der Waals surface area contributed by atoms with E-state index in [1.165, 1.54) is 0 Å². The minimum Gasteiger partial charge on any atom is -0.449 e. The Morgan fingerprint density at radius 2 is 1.73 bits per heavy atom. The minimum absolute atomic E-state index is 0.106. The van der Waals surface area contributed by atoms with Crippen LogP contribution in [0.1, 0.15) is 52.1 Å². The van der Waals surface area contributed by atoms with E-state index in [2.05, 4.69) is 4.72 Å².